The van der Waals surface area contributed by atoms with Crippen molar-refractivity contribution in [3.8, 4) is 11.5 Å². The van der Waals surface area contributed by atoms with Crippen LogP contribution in [0.1, 0.15) is 29.3 Å². The summed E-state index contributed by atoms with van der Waals surface area (Å²) in [6, 6.07) is 3.35. The van der Waals surface area contributed by atoms with Gasteiger partial charge in [0.2, 0.25) is 0 Å². The number of halogens is 1. The predicted molar refractivity (Wildman–Crippen MR) is 75.7 cm³/mol. The Hall–Kier alpha value is -1.46. The van der Waals surface area contributed by atoms with E-state index in [0.717, 1.165) is 6.42 Å². The van der Waals surface area contributed by atoms with Gasteiger partial charge < -0.3 is 20.3 Å². The number of ether oxygens (including phenoxy) is 2. The van der Waals surface area contributed by atoms with Crippen LogP contribution < -0.4 is 15.2 Å². The molecule has 1 unspecified atom stereocenters. The maximum absolute atomic E-state index is 11.4. The van der Waals surface area contributed by atoms with E-state index in [4.69, 9.17) is 15.2 Å². The molecular weight excluding hydrogens is 270 g/mol. The lowest BCUT2D eigenvalue weighted by Crippen LogP contribution is -2.23. The zero-order valence-electron chi connectivity index (χ0n) is 11.3. The molecule has 1 rings (SSSR count). The number of carboxylic acids is 1. The van der Waals surface area contributed by atoms with Crippen molar-refractivity contribution >= 4 is 18.4 Å². The van der Waals surface area contributed by atoms with Crippen molar-refractivity contribution < 1.29 is 19.4 Å². The number of hydrogen-bond acceptors (Lipinski definition) is 4. The van der Waals surface area contributed by atoms with Crippen LogP contribution in [0, 0.1) is 0 Å². The second-order valence-corrected chi connectivity index (χ2v) is 4.01. The van der Waals surface area contributed by atoms with Crippen molar-refractivity contribution in [2.75, 3.05) is 14.2 Å². The highest BCUT2D eigenvalue weighted by molar-refractivity contribution is 5.94. The maximum Gasteiger partial charge on any atom is 0.339 e. The molecule has 0 fully saturated rings. The van der Waals surface area contributed by atoms with E-state index in [2.05, 4.69) is 0 Å². The van der Waals surface area contributed by atoms with E-state index in [1.54, 1.807) is 12.1 Å². The molecule has 0 bridgehead atoms. The molecule has 0 aliphatic rings. The highest BCUT2D eigenvalue weighted by atomic mass is 35.5. The quantitative estimate of drug-likeness (QED) is 0.838. The van der Waals surface area contributed by atoms with Crippen LogP contribution in [0.15, 0.2) is 12.1 Å². The normalized spacial score (nSPS) is 11.4. The molecule has 1 atom stereocenters. The molecule has 0 saturated heterocycles. The molecule has 0 aliphatic heterocycles. The van der Waals surface area contributed by atoms with Gasteiger partial charge in [0.05, 0.1) is 14.2 Å². The van der Waals surface area contributed by atoms with E-state index in [9.17, 15) is 9.90 Å². The molecule has 1 aromatic rings. The molecule has 0 aliphatic carbocycles. The van der Waals surface area contributed by atoms with Crippen LogP contribution in [0.3, 0.4) is 0 Å². The fourth-order valence-corrected chi connectivity index (χ4v) is 1.80. The summed E-state index contributed by atoms with van der Waals surface area (Å²) in [4.78, 5) is 11.4. The summed E-state index contributed by atoms with van der Waals surface area (Å²) in [5.41, 5.74) is 6.66. The molecule has 5 nitrogen and oxygen atoms in total. The standard InChI is InChI=1S/C13H19NO4.ClH/c1-4-9(14)7-8-5-6-10(17-2)12(18-3)11(8)13(15)16;/h5-6,9H,4,7,14H2,1-3H3,(H,15,16);1H. The topological polar surface area (TPSA) is 81.8 Å². The fourth-order valence-electron chi connectivity index (χ4n) is 1.80. The van der Waals surface area contributed by atoms with Gasteiger partial charge >= 0.3 is 5.97 Å². The number of carboxylic acid groups (broad SMARTS) is 1. The van der Waals surface area contributed by atoms with Crippen molar-refractivity contribution in [2.45, 2.75) is 25.8 Å². The van der Waals surface area contributed by atoms with Gasteiger partial charge in [0.25, 0.3) is 0 Å². The minimum Gasteiger partial charge on any atom is -0.493 e. The Labute approximate surface area is 119 Å². The van der Waals surface area contributed by atoms with E-state index < -0.39 is 5.97 Å². The number of aromatic carboxylic acids is 1. The minimum atomic E-state index is -1.04. The van der Waals surface area contributed by atoms with Crippen LogP contribution in [-0.2, 0) is 6.42 Å². The first-order valence-corrected chi connectivity index (χ1v) is 5.77. The summed E-state index contributed by atoms with van der Waals surface area (Å²) < 4.78 is 10.2. The second kappa shape index (κ2) is 7.86. The van der Waals surface area contributed by atoms with Gasteiger partial charge in [0.1, 0.15) is 5.56 Å². The van der Waals surface area contributed by atoms with Crippen LogP contribution in [-0.4, -0.2) is 31.3 Å². The Kier molecular flexibility index (Phi) is 7.26. The van der Waals surface area contributed by atoms with Crippen LogP contribution in [0.5, 0.6) is 11.5 Å². The first kappa shape index (κ1) is 17.5. The Balaban J connectivity index is 0.00000324. The Morgan fingerprint density at radius 3 is 2.42 bits per heavy atom. The summed E-state index contributed by atoms with van der Waals surface area (Å²) >= 11 is 0. The average molecular weight is 290 g/mol. The summed E-state index contributed by atoms with van der Waals surface area (Å²) in [6.45, 7) is 1.96. The summed E-state index contributed by atoms with van der Waals surface area (Å²) in [7, 11) is 2.90. The third kappa shape index (κ3) is 4.01. The number of nitrogens with two attached hydrogens (primary N) is 1. The molecule has 0 amide bonds. The van der Waals surface area contributed by atoms with Crippen LogP contribution in [0.2, 0.25) is 0 Å². The molecule has 3 N–H and O–H groups in total. The number of benzene rings is 1. The van der Waals surface area contributed by atoms with Gasteiger partial charge in [-0.3, -0.25) is 0 Å². The van der Waals surface area contributed by atoms with Gasteiger partial charge in [-0.15, -0.1) is 12.4 Å². The van der Waals surface area contributed by atoms with Crippen molar-refractivity contribution in [1.82, 2.24) is 0 Å². The van der Waals surface area contributed by atoms with Crippen LogP contribution >= 0.6 is 12.4 Å². The lowest BCUT2D eigenvalue weighted by atomic mass is 9.98. The number of methoxy groups -OCH3 is 2. The monoisotopic (exact) mass is 289 g/mol. The van der Waals surface area contributed by atoms with Crippen LogP contribution in [0.4, 0.5) is 0 Å². The molecule has 19 heavy (non-hydrogen) atoms. The van der Waals surface area contributed by atoms with Crippen molar-refractivity contribution in [3.05, 3.63) is 23.3 Å². The SMILES string of the molecule is CCC(N)Cc1ccc(OC)c(OC)c1C(=O)O.Cl. The van der Waals surface area contributed by atoms with Gasteiger partial charge in [0.15, 0.2) is 11.5 Å². The van der Waals surface area contributed by atoms with Crippen molar-refractivity contribution in [3.63, 3.8) is 0 Å². The zero-order valence-corrected chi connectivity index (χ0v) is 12.1. The van der Waals surface area contributed by atoms with Gasteiger partial charge in [0, 0.05) is 6.04 Å². The highest BCUT2D eigenvalue weighted by Gasteiger charge is 2.21. The minimum absolute atomic E-state index is 0. The maximum atomic E-state index is 11.4. The van der Waals surface area contributed by atoms with E-state index in [1.165, 1.54) is 14.2 Å². The molecular formula is C13H20ClNO4. The van der Waals surface area contributed by atoms with Gasteiger partial charge in [-0.1, -0.05) is 13.0 Å². The zero-order chi connectivity index (χ0) is 13.7. The second-order valence-electron chi connectivity index (χ2n) is 4.01. The molecule has 0 radical (unpaired) electrons. The molecule has 0 spiro atoms. The third-order valence-electron chi connectivity index (χ3n) is 2.85. The first-order valence-electron chi connectivity index (χ1n) is 5.77. The Bertz CT molecular complexity index is 437. The lowest BCUT2D eigenvalue weighted by molar-refractivity contribution is 0.0691. The van der Waals surface area contributed by atoms with E-state index >= 15 is 0 Å². The van der Waals surface area contributed by atoms with E-state index in [1.807, 2.05) is 6.92 Å². The number of hydrogen-bond donors (Lipinski definition) is 2. The summed E-state index contributed by atoms with van der Waals surface area (Å²) in [5.74, 6) is -0.390. The van der Waals surface area contributed by atoms with Gasteiger partial charge in [-0.05, 0) is 24.5 Å². The average Bonchev–Trinajstić information content (AvgIpc) is 2.37. The highest BCUT2D eigenvalue weighted by Crippen LogP contribution is 2.34. The molecule has 0 saturated carbocycles. The van der Waals surface area contributed by atoms with Gasteiger partial charge in [-0.2, -0.15) is 0 Å². The predicted octanol–water partition coefficient (Wildman–Crippen LogP) is 2.10. The Morgan fingerprint density at radius 2 is 2.00 bits per heavy atom. The third-order valence-corrected chi connectivity index (χ3v) is 2.85. The molecule has 0 heterocycles. The van der Waals surface area contributed by atoms with Crippen molar-refractivity contribution in [1.29, 1.82) is 0 Å². The summed E-state index contributed by atoms with van der Waals surface area (Å²) in [5, 5.41) is 9.31. The van der Waals surface area contributed by atoms with Gasteiger partial charge in [-0.25, -0.2) is 4.79 Å². The van der Waals surface area contributed by atoms with E-state index in [0.29, 0.717) is 17.7 Å². The van der Waals surface area contributed by atoms with Crippen LogP contribution in [0.25, 0.3) is 0 Å². The number of rotatable bonds is 6. The lowest BCUT2D eigenvalue weighted by Gasteiger charge is -2.16. The molecule has 6 heteroatoms. The smallest absolute Gasteiger partial charge is 0.339 e. The molecule has 108 valence electrons. The largest absolute Gasteiger partial charge is 0.493 e. The summed E-state index contributed by atoms with van der Waals surface area (Å²) in [6.07, 6.45) is 1.28. The number of carbonyl (C=O) groups is 1. The van der Waals surface area contributed by atoms with E-state index in [-0.39, 0.29) is 29.8 Å². The molecule has 1 aromatic carbocycles. The van der Waals surface area contributed by atoms with Crippen molar-refractivity contribution in [2.24, 2.45) is 5.73 Å². The Morgan fingerprint density at radius 1 is 1.37 bits per heavy atom. The molecule has 0 aromatic heterocycles. The first-order chi connectivity index (χ1) is 8.54. The fraction of sp³-hybridized carbons (Fsp3) is 0.462.